The van der Waals surface area contributed by atoms with E-state index in [1.165, 1.54) is 17.0 Å². The first-order chi connectivity index (χ1) is 15.3. The summed E-state index contributed by atoms with van der Waals surface area (Å²) in [4.78, 5) is 38.3. The van der Waals surface area contributed by atoms with Crippen molar-refractivity contribution in [2.45, 2.75) is 65.2 Å². The number of carbonyl (C=O) groups excluding carboxylic acids is 1. The van der Waals surface area contributed by atoms with Crippen LogP contribution in [0.3, 0.4) is 0 Å². The molecule has 0 aliphatic heterocycles. The molecule has 0 saturated carbocycles. The van der Waals surface area contributed by atoms with Crippen LogP contribution in [0.25, 0.3) is 6.08 Å². The molecule has 2 rings (SSSR count). The Labute approximate surface area is 191 Å². The Bertz CT molecular complexity index is 1060. The second-order valence-electron chi connectivity index (χ2n) is 7.68. The fourth-order valence-corrected chi connectivity index (χ4v) is 4.26. The maximum atomic E-state index is 13.0. The summed E-state index contributed by atoms with van der Waals surface area (Å²) in [5.74, 6) is -1.93. The summed E-state index contributed by atoms with van der Waals surface area (Å²) >= 11 is 1.62. The monoisotopic (exact) mass is 458 g/mol. The van der Waals surface area contributed by atoms with Gasteiger partial charge in [-0.15, -0.1) is 11.3 Å². The number of thiophene rings is 1. The van der Waals surface area contributed by atoms with E-state index in [4.69, 9.17) is 9.52 Å². The van der Waals surface area contributed by atoms with Crippen molar-refractivity contribution in [3.05, 3.63) is 67.4 Å². The first kappa shape index (κ1) is 25.3. The lowest BCUT2D eigenvalue weighted by molar-refractivity contribution is -0.131. The molecule has 2 N–H and O–H groups in total. The van der Waals surface area contributed by atoms with E-state index >= 15 is 0 Å². The SMILES string of the molecule is CCCCc1ccc(C=C(CC)C(=O)c2c(O)cc(C(C)CC/C=C/C(=O)O)oc2=O)s1. The molecule has 0 bridgehead atoms. The minimum Gasteiger partial charge on any atom is -0.507 e. The molecule has 0 fully saturated rings. The van der Waals surface area contributed by atoms with Gasteiger partial charge in [0, 0.05) is 33.4 Å². The molecule has 0 amide bonds. The Balaban J connectivity index is 2.22. The Morgan fingerprint density at radius 3 is 2.62 bits per heavy atom. The van der Waals surface area contributed by atoms with Gasteiger partial charge in [-0.25, -0.2) is 9.59 Å². The van der Waals surface area contributed by atoms with Gasteiger partial charge in [0.1, 0.15) is 17.1 Å². The Hall–Kier alpha value is -2.93. The number of ketones is 1. The molecule has 32 heavy (non-hydrogen) atoms. The van der Waals surface area contributed by atoms with Gasteiger partial charge >= 0.3 is 11.6 Å². The summed E-state index contributed by atoms with van der Waals surface area (Å²) in [6, 6.07) is 5.32. The van der Waals surface area contributed by atoms with Crippen LogP contribution in [0.15, 0.2) is 45.1 Å². The number of Topliss-reactive ketones (excluding diaryl/α,β-unsaturated/α-hetero) is 1. The summed E-state index contributed by atoms with van der Waals surface area (Å²) in [5, 5.41) is 19.1. The van der Waals surface area contributed by atoms with Crippen molar-refractivity contribution in [1.29, 1.82) is 0 Å². The van der Waals surface area contributed by atoms with Gasteiger partial charge < -0.3 is 14.6 Å². The number of aromatic hydroxyl groups is 1. The highest BCUT2D eigenvalue weighted by Crippen LogP contribution is 2.28. The topological polar surface area (TPSA) is 105 Å². The minimum absolute atomic E-state index is 0.231. The van der Waals surface area contributed by atoms with Crippen LogP contribution in [0.5, 0.6) is 5.75 Å². The molecule has 0 saturated heterocycles. The molecule has 6 nitrogen and oxygen atoms in total. The highest BCUT2D eigenvalue weighted by atomic mass is 32.1. The quantitative estimate of drug-likeness (QED) is 0.301. The van der Waals surface area contributed by atoms with E-state index in [1.807, 2.05) is 13.0 Å². The number of aliphatic carboxylic acids is 1. The predicted octanol–water partition coefficient (Wildman–Crippen LogP) is 5.95. The van der Waals surface area contributed by atoms with Crippen molar-refractivity contribution >= 4 is 29.2 Å². The molecule has 2 aromatic rings. The summed E-state index contributed by atoms with van der Waals surface area (Å²) in [6.07, 6.45) is 8.98. The van der Waals surface area contributed by atoms with Crippen LogP contribution in [0.4, 0.5) is 0 Å². The standard InChI is InChI=1S/C25H30O6S/c1-4-6-10-18-12-13-19(32-18)14-17(5-2)24(29)23-20(26)15-21(31-25(23)30)16(3)9-7-8-11-22(27)28/h8,11-16,26H,4-7,9-10H2,1-3H3,(H,27,28)/b11-8+,17-14?. The number of carboxylic acids is 1. The van der Waals surface area contributed by atoms with Crippen LogP contribution in [-0.4, -0.2) is 22.0 Å². The van der Waals surface area contributed by atoms with Gasteiger partial charge in [0.2, 0.25) is 0 Å². The van der Waals surface area contributed by atoms with Gasteiger partial charge in [-0.3, -0.25) is 4.79 Å². The maximum absolute atomic E-state index is 13.0. The number of aryl methyl sites for hydroxylation is 1. The van der Waals surface area contributed by atoms with E-state index in [-0.39, 0.29) is 17.2 Å². The second-order valence-corrected chi connectivity index (χ2v) is 8.88. The summed E-state index contributed by atoms with van der Waals surface area (Å²) in [7, 11) is 0. The first-order valence-corrected chi connectivity index (χ1v) is 11.7. The third-order valence-corrected chi connectivity index (χ3v) is 6.23. The van der Waals surface area contributed by atoms with Crippen molar-refractivity contribution in [2.75, 3.05) is 0 Å². The molecule has 0 radical (unpaired) electrons. The van der Waals surface area contributed by atoms with Crippen molar-refractivity contribution in [1.82, 2.24) is 0 Å². The zero-order valence-electron chi connectivity index (χ0n) is 18.7. The molecule has 1 atom stereocenters. The summed E-state index contributed by atoms with van der Waals surface area (Å²) in [6.45, 7) is 5.77. The van der Waals surface area contributed by atoms with Crippen molar-refractivity contribution in [2.24, 2.45) is 0 Å². The van der Waals surface area contributed by atoms with Gasteiger partial charge in [-0.05, 0) is 50.3 Å². The summed E-state index contributed by atoms with van der Waals surface area (Å²) < 4.78 is 5.34. The fraction of sp³-hybridized carbons (Fsp3) is 0.400. The van der Waals surface area contributed by atoms with E-state index < -0.39 is 23.1 Å². The molecule has 0 aromatic carbocycles. The van der Waals surface area contributed by atoms with Gasteiger partial charge in [0.15, 0.2) is 5.78 Å². The normalized spacial score (nSPS) is 12.9. The van der Waals surface area contributed by atoms with E-state index in [0.29, 0.717) is 24.8 Å². The lowest BCUT2D eigenvalue weighted by Gasteiger charge is -2.11. The lowest BCUT2D eigenvalue weighted by Crippen LogP contribution is -2.17. The van der Waals surface area contributed by atoms with Crippen molar-refractivity contribution in [3.63, 3.8) is 0 Å². The third-order valence-electron chi connectivity index (χ3n) is 5.14. The number of hydrogen-bond donors (Lipinski definition) is 2. The van der Waals surface area contributed by atoms with E-state index in [1.54, 1.807) is 24.3 Å². The Kier molecular flexibility index (Phi) is 9.65. The van der Waals surface area contributed by atoms with Crippen molar-refractivity contribution in [3.8, 4) is 5.75 Å². The molecule has 1 unspecified atom stereocenters. The van der Waals surface area contributed by atoms with Gasteiger partial charge in [-0.1, -0.05) is 33.3 Å². The van der Waals surface area contributed by atoms with Crippen LogP contribution in [0.1, 0.15) is 84.7 Å². The van der Waals surface area contributed by atoms with E-state index in [2.05, 4.69) is 13.0 Å². The molecule has 172 valence electrons. The average molecular weight is 459 g/mol. The zero-order chi connectivity index (χ0) is 23.7. The minimum atomic E-state index is -1.02. The van der Waals surface area contributed by atoms with Crippen LogP contribution in [-0.2, 0) is 11.2 Å². The number of carbonyl (C=O) groups is 2. The summed E-state index contributed by atoms with van der Waals surface area (Å²) in [5.41, 5.74) is -0.800. The zero-order valence-corrected chi connectivity index (χ0v) is 19.5. The molecular formula is C25H30O6S. The molecule has 2 aromatic heterocycles. The molecule has 7 heteroatoms. The highest BCUT2D eigenvalue weighted by Gasteiger charge is 2.23. The van der Waals surface area contributed by atoms with Crippen molar-refractivity contribution < 1.29 is 24.2 Å². The average Bonchev–Trinajstić information content (AvgIpc) is 3.19. The van der Waals surface area contributed by atoms with Gasteiger partial charge in [0.25, 0.3) is 0 Å². The molecule has 2 heterocycles. The maximum Gasteiger partial charge on any atom is 0.351 e. The number of carboxylic acid groups (broad SMARTS) is 1. The largest absolute Gasteiger partial charge is 0.507 e. The smallest absolute Gasteiger partial charge is 0.351 e. The highest BCUT2D eigenvalue weighted by molar-refractivity contribution is 7.12. The number of hydrogen-bond acceptors (Lipinski definition) is 6. The van der Waals surface area contributed by atoms with Crippen LogP contribution in [0.2, 0.25) is 0 Å². The molecule has 0 spiro atoms. The number of rotatable bonds is 12. The predicted molar refractivity (Wildman–Crippen MR) is 127 cm³/mol. The van der Waals surface area contributed by atoms with Gasteiger partial charge in [-0.2, -0.15) is 0 Å². The Morgan fingerprint density at radius 1 is 1.25 bits per heavy atom. The van der Waals surface area contributed by atoms with E-state index in [0.717, 1.165) is 30.2 Å². The lowest BCUT2D eigenvalue weighted by atomic mass is 9.98. The van der Waals surface area contributed by atoms with Crippen LogP contribution >= 0.6 is 11.3 Å². The van der Waals surface area contributed by atoms with E-state index in [9.17, 15) is 19.5 Å². The first-order valence-electron chi connectivity index (χ1n) is 10.9. The molecular weight excluding hydrogens is 428 g/mol. The number of allylic oxidation sites excluding steroid dienone is 2. The Morgan fingerprint density at radius 2 is 2.00 bits per heavy atom. The van der Waals surface area contributed by atoms with Crippen LogP contribution in [0, 0.1) is 0 Å². The van der Waals surface area contributed by atoms with Crippen LogP contribution < -0.4 is 5.63 Å². The fourth-order valence-electron chi connectivity index (χ4n) is 3.24. The molecule has 0 aliphatic rings. The number of unbranched alkanes of at least 4 members (excludes halogenated alkanes) is 1. The second kappa shape index (κ2) is 12.2. The molecule has 0 aliphatic carbocycles. The van der Waals surface area contributed by atoms with Gasteiger partial charge in [0.05, 0.1) is 0 Å². The third kappa shape index (κ3) is 7.05.